The van der Waals surface area contributed by atoms with Gasteiger partial charge in [0.1, 0.15) is 12.2 Å². The van der Waals surface area contributed by atoms with Gasteiger partial charge in [0.25, 0.3) is 0 Å². The second kappa shape index (κ2) is 6.63. The Hall–Kier alpha value is -2.57. The zero-order valence-corrected chi connectivity index (χ0v) is 15.3. The first-order valence-corrected chi connectivity index (χ1v) is 9.02. The maximum atomic E-state index is 12.4. The number of nitrogens with zero attached hydrogens (tertiary/aromatic N) is 4. The molecule has 4 rings (SSSR count). The number of piperidine rings is 1. The molecule has 138 valence electrons. The highest BCUT2D eigenvalue weighted by Crippen LogP contribution is 2.37. The van der Waals surface area contributed by atoms with Crippen LogP contribution in [-0.4, -0.2) is 45.5 Å². The topological polar surface area (TPSA) is 69.5 Å². The Kier molecular flexibility index (Phi) is 4.30. The summed E-state index contributed by atoms with van der Waals surface area (Å²) in [6.07, 6.45) is 4.69. The second-order valence-corrected chi connectivity index (χ2v) is 7.54. The Labute approximate surface area is 152 Å². The predicted molar refractivity (Wildman–Crippen MR) is 94.9 cm³/mol. The third-order valence-electron chi connectivity index (χ3n) is 5.35. The quantitative estimate of drug-likeness (QED) is 0.819. The number of carbonyl (C=O) groups is 1. The van der Waals surface area contributed by atoms with Crippen LogP contribution in [0.25, 0.3) is 0 Å². The molecule has 2 aromatic rings. The average molecular weight is 356 g/mol. The van der Waals surface area contributed by atoms with Gasteiger partial charge >= 0.3 is 0 Å². The van der Waals surface area contributed by atoms with Crippen molar-refractivity contribution >= 4 is 5.91 Å². The van der Waals surface area contributed by atoms with E-state index in [0.717, 1.165) is 43.1 Å². The summed E-state index contributed by atoms with van der Waals surface area (Å²) in [5.41, 5.74) is 1.28. The van der Waals surface area contributed by atoms with Crippen LogP contribution < -0.4 is 9.47 Å². The predicted octanol–water partition coefficient (Wildman–Crippen LogP) is 1.96. The first kappa shape index (κ1) is 16.9. The lowest BCUT2D eigenvalue weighted by Gasteiger charge is -2.40. The Morgan fingerprint density at radius 2 is 2.12 bits per heavy atom. The minimum Gasteiger partial charge on any atom is -0.454 e. The molecule has 1 aromatic carbocycles. The van der Waals surface area contributed by atoms with Crippen molar-refractivity contribution in [3.05, 3.63) is 35.9 Å². The molecule has 0 N–H and O–H groups in total. The van der Waals surface area contributed by atoms with Gasteiger partial charge < -0.3 is 14.4 Å². The molecule has 7 nitrogen and oxygen atoms in total. The van der Waals surface area contributed by atoms with Gasteiger partial charge in [-0.05, 0) is 36.0 Å². The van der Waals surface area contributed by atoms with E-state index in [-0.39, 0.29) is 11.3 Å². The van der Waals surface area contributed by atoms with Crippen LogP contribution in [0, 0.1) is 5.41 Å². The Bertz CT molecular complexity index is 819. The molecule has 3 heterocycles. The van der Waals surface area contributed by atoms with Crippen LogP contribution in [-0.2, 0) is 24.7 Å². The van der Waals surface area contributed by atoms with Gasteiger partial charge in [0.15, 0.2) is 11.5 Å². The Balaban J connectivity index is 1.42. The lowest BCUT2D eigenvalue weighted by molar-refractivity contribution is -0.137. The first-order valence-electron chi connectivity index (χ1n) is 9.02. The molecule has 1 unspecified atom stereocenters. The third kappa shape index (κ3) is 3.38. The maximum absolute atomic E-state index is 12.4. The minimum absolute atomic E-state index is 0.0570. The summed E-state index contributed by atoms with van der Waals surface area (Å²) in [4.78, 5) is 18.6. The van der Waals surface area contributed by atoms with Gasteiger partial charge in [0.05, 0.1) is 0 Å². The second-order valence-electron chi connectivity index (χ2n) is 7.54. The van der Waals surface area contributed by atoms with Crippen LogP contribution in [0.15, 0.2) is 24.5 Å². The number of fused-ring (bicyclic) bond motifs is 1. The third-order valence-corrected chi connectivity index (χ3v) is 5.35. The normalized spacial score (nSPS) is 22.1. The molecule has 2 aliphatic heterocycles. The van der Waals surface area contributed by atoms with Gasteiger partial charge in [-0.25, -0.2) is 4.98 Å². The van der Waals surface area contributed by atoms with E-state index in [9.17, 15) is 4.79 Å². The SMILES string of the molecule is Cn1ncnc1CCN1CC(C)(Cc2ccc3c(c2)OCO3)CCC1=O. The van der Waals surface area contributed by atoms with E-state index < -0.39 is 0 Å². The van der Waals surface area contributed by atoms with Crippen LogP contribution in [0.4, 0.5) is 0 Å². The van der Waals surface area contributed by atoms with E-state index in [1.54, 1.807) is 11.0 Å². The minimum atomic E-state index is 0.0570. The van der Waals surface area contributed by atoms with E-state index in [0.29, 0.717) is 19.8 Å². The number of aromatic nitrogens is 3. The molecule has 2 aliphatic rings. The van der Waals surface area contributed by atoms with Crippen LogP contribution >= 0.6 is 0 Å². The summed E-state index contributed by atoms with van der Waals surface area (Å²) in [6.45, 7) is 4.00. The average Bonchev–Trinajstić information content (AvgIpc) is 3.24. The summed E-state index contributed by atoms with van der Waals surface area (Å²) >= 11 is 0. The van der Waals surface area contributed by atoms with E-state index >= 15 is 0 Å². The van der Waals surface area contributed by atoms with Crippen molar-refractivity contribution in [2.24, 2.45) is 12.5 Å². The van der Waals surface area contributed by atoms with Gasteiger partial charge in [-0.2, -0.15) is 5.10 Å². The van der Waals surface area contributed by atoms with Crippen molar-refractivity contribution in [3.63, 3.8) is 0 Å². The molecule has 26 heavy (non-hydrogen) atoms. The summed E-state index contributed by atoms with van der Waals surface area (Å²) < 4.78 is 12.6. The lowest BCUT2D eigenvalue weighted by Crippen LogP contribution is -2.47. The van der Waals surface area contributed by atoms with Crippen LogP contribution in [0.2, 0.25) is 0 Å². The number of hydrogen-bond acceptors (Lipinski definition) is 5. The number of carbonyl (C=O) groups excluding carboxylic acids is 1. The van der Waals surface area contributed by atoms with Crippen molar-refractivity contribution in [1.29, 1.82) is 0 Å². The molecule has 1 aromatic heterocycles. The fourth-order valence-electron chi connectivity index (χ4n) is 3.87. The van der Waals surface area contributed by atoms with Crippen molar-refractivity contribution in [1.82, 2.24) is 19.7 Å². The molecule has 1 atom stereocenters. The molecule has 7 heteroatoms. The number of ether oxygens (including phenoxy) is 2. The summed E-state index contributed by atoms with van der Waals surface area (Å²) in [7, 11) is 1.88. The number of hydrogen-bond donors (Lipinski definition) is 0. The van der Waals surface area contributed by atoms with Gasteiger partial charge in [0.2, 0.25) is 12.7 Å². The highest BCUT2D eigenvalue weighted by atomic mass is 16.7. The monoisotopic (exact) mass is 356 g/mol. The van der Waals surface area contributed by atoms with Crippen LogP contribution in [0.5, 0.6) is 11.5 Å². The van der Waals surface area contributed by atoms with E-state index in [1.165, 1.54) is 5.56 Å². The standard InChI is InChI=1S/C19H24N4O3/c1-19(10-14-3-4-15-16(9-14)26-13-25-15)7-5-18(24)23(11-19)8-6-17-20-12-21-22(17)2/h3-4,9,12H,5-8,10-11,13H2,1-2H3. The zero-order valence-electron chi connectivity index (χ0n) is 15.3. The molecule has 1 fully saturated rings. The molecule has 0 bridgehead atoms. The smallest absolute Gasteiger partial charge is 0.231 e. The number of likely N-dealkylation sites (tertiary alicyclic amines) is 1. The molecular weight excluding hydrogens is 332 g/mol. The van der Waals surface area contributed by atoms with E-state index in [2.05, 4.69) is 29.1 Å². The summed E-state index contributed by atoms with van der Waals surface area (Å²) in [5.74, 6) is 2.76. The van der Waals surface area contributed by atoms with Crippen LogP contribution in [0.3, 0.4) is 0 Å². The molecule has 0 aliphatic carbocycles. The Morgan fingerprint density at radius 1 is 1.27 bits per heavy atom. The molecule has 0 spiro atoms. The number of benzene rings is 1. The van der Waals surface area contributed by atoms with Crippen molar-refractivity contribution in [3.8, 4) is 11.5 Å². The molecule has 0 saturated carbocycles. The van der Waals surface area contributed by atoms with E-state index in [1.807, 2.05) is 18.0 Å². The molecule has 1 saturated heterocycles. The fourth-order valence-corrected chi connectivity index (χ4v) is 3.87. The highest BCUT2D eigenvalue weighted by molar-refractivity contribution is 5.77. The number of amides is 1. The lowest BCUT2D eigenvalue weighted by atomic mass is 9.76. The van der Waals surface area contributed by atoms with E-state index in [4.69, 9.17) is 9.47 Å². The fraction of sp³-hybridized carbons (Fsp3) is 0.526. The number of aryl methyl sites for hydroxylation is 1. The zero-order chi connectivity index (χ0) is 18.1. The van der Waals surface area contributed by atoms with Crippen molar-refractivity contribution in [2.75, 3.05) is 19.9 Å². The Morgan fingerprint density at radius 3 is 2.92 bits per heavy atom. The van der Waals surface area contributed by atoms with Crippen molar-refractivity contribution in [2.45, 2.75) is 32.6 Å². The van der Waals surface area contributed by atoms with Gasteiger partial charge in [-0.15, -0.1) is 0 Å². The highest BCUT2D eigenvalue weighted by Gasteiger charge is 2.35. The van der Waals surface area contributed by atoms with Crippen molar-refractivity contribution < 1.29 is 14.3 Å². The summed E-state index contributed by atoms with van der Waals surface area (Å²) in [5, 5.41) is 4.09. The first-order chi connectivity index (χ1) is 12.5. The number of rotatable bonds is 5. The maximum Gasteiger partial charge on any atom is 0.231 e. The largest absolute Gasteiger partial charge is 0.454 e. The molecular formula is C19H24N4O3. The van der Waals surface area contributed by atoms with Gasteiger partial charge in [0, 0.05) is 33.0 Å². The molecule has 0 radical (unpaired) electrons. The van der Waals surface area contributed by atoms with Crippen LogP contribution in [0.1, 0.15) is 31.2 Å². The van der Waals surface area contributed by atoms with Gasteiger partial charge in [-0.3, -0.25) is 9.48 Å². The summed E-state index contributed by atoms with van der Waals surface area (Å²) in [6, 6.07) is 6.13. The van der Waals surface area contributed by atoms with Gasteiger partial charge in [-0.1, -0.05) is 13.0 Å². The molecule has 1 amide bonds.